The van der Waals surface area contributed by atoms with Crippen molar-refractivity contribution in [1.82, 2.24) is 0 Å². The molecule has 0 amide bonds. The van der Waals surface area contributed by atoms with E-state index in [1.54, 1.807) is 0 Å². The van der Waals surface area contributed by atoms with Crippen LogP contribution in [0.1, 0.15) is 65.7 Å². The van der Waals surface area contributed by atoms with Gasteiger partial charge in [0.1, 0.15) is 0 Å². The number of allylic oxidation sites excluding steroid dienone is 1. The van der Waals surface area contributed by atoms with E-state index >= 15 is 0 Å². The van der Waals surface area contributed by atoms with Gasteiger partial charge in [0.25, 0.3) is 0 Å². The van der Waals surface area contributed by atoms with Gasteiger partial charge in [0.05, 0.1) is 0 Å². The molecule has 0 aromatic carbocycles. The lowest BCUT2D eigenvalue weighted by Crippen LogP contribution is -1.93. The lowest BCUT2D eigenvalue weighted by atomic mass is 9.97. The lowest BCUT2D eigenvalue weighted by Gasteiger charge is -2.09. The summed E-state index contributed by atoms with van der Waals surface area (Å²) < 4.78 is 0. The van der Waals surface area contributed by atoms with Crippen molar-refractivity contribution < 1.29 is 0 Å². The van der Waals surface area contributed by atoms with E-state index in [0.717, 1.165) is 5.92 Å². The molecule has 0 saturated carbocycles. The topological polar surface area (TPSA) is 0 Å². The number of hydrogen-bond donors (Lipinski definition) is 0. The summed E-state index contributed by atoms with van der Waals surface area (Å²) in [5.41, 5.74) is 1.47. The van der Waals surface area contributed by atoms with E-state index in [9.17, 15) is 0 Å². The molecule has 0 aromatic heterocycles. The summed E-state index contributed by atoms with van der Waals surface area (Å²) >= 11 is 0. The highest BCUT2D eigenvalue weighted by Crippen LogP contribution is 2.17. The highest BCUT2D eigenvalue weighted by Gasteiger charge is 2.00. The Balaban J connectivity index is 3.30. The Morgan fingerprint density at radius 1 is 1.15 bits per heavy atom. The normalized spacial score (nSPS) is 12.8. The van der Waals surface area contributed by atoms with Crippen LogP contribution in [0.3, 0.4) is 0 Å². The molecular formula is C13H26. The van der Waals surface area contributed by atoms with Gasteiger partial charge in [-0.25, -0.2) is 0 Å². The van der Waals surface area contributed by atoms with Crippen LogP contribution in [-0.2, 0) is 0 Å². The van der Waals surface area contributed by atoms with Crippen molar-refractivity contribution in [3.63, 3.8) is 0 Å². The summed E-state index contributed by atoms with van der Waals surface area (Å²) in [5, 5.41) is 0. The highest BCUT2D eigenvalue weighted by atomic mass is 14.1. The molecule has 0 aliphatic carbocycles. The van der Waals surface area contributed by atoms with E-state index in [4.69, 9.17) is 0 Å². The zero-order valence-corrected chi connectivity index (χ0v) is 9.73. The van der Waals surface area contributed by atoms with Gasteiger partial charge in [0.2, 0.25) is 0 Å². The first-order valence-electron chi connectivity index (χ1n) is 5.87. The Morgan fingerprint density at radius 3 is 2.38 bits per heavy atom. The van der Waals surface area contributed by atoms with E-state index in [-0.39, 0.29) is 0 Å². The fraction of sp³-hybridized carbons (Fsp3) is 0.846. The Morgan fingerprint density at radius 2 is 1.85 bits per heavy atom. The van der Waals surface area contributed by atoms with Gasteiger partial charge in [-0.05, 0) is 31.6 Å². The van der Waals surface area contributed by atoms with E-state index in [1.807, 2.05) is 0 Å². The van der Waals surface area contributed by atoms with Crippen LogP contribution in [0.5, 0.6) is 0 Å². The van der Waals surface area contributed by atoms with Gasteiger partial charge in [-0.15, -0.1) is 0 Å². The fourth-order valence-corrected chi connectivity index (χ4v) is 1.40. The standard InChI is InChI=1S/C13H26/c1-5-7-8-9-13(4)11-10-12(3)6-2/h12H,4-11H2,1-3H3. The van der Waals surface area contributed by atoms with E-state index in [2.05, 4.69) is 27.4 Å². The minimum absolute atomic E-state index is 0.878. The maximum atomic E-state index is 4.13. The summed E-state index contributed by atoms with van der Waals surface area (Å²) in [6.07, 6.45) is 9.17. The molecule has 0 aliphatic rings. The Kier molecular flexibility index (Phi) is 8.18. The van der Waals surface area contributed by atoms with Crippen LogP contribution in [0.2, 0.25) is 0 Å². The molecule has 0 aliphatic heterocycles. The van der Waals surface area contributed by atoms with Gasteiger partial charge in [-0.1, -0.05) is 52.2 Å². The van der Waals surface area contributed by atoms with E-state index in [1.165, 1.54) is 50.5 Å². The molecule has 13 heavy (non-hydrogen) atoms. The molecule has 0 N–H and O–H groups in total. The fourth-order valence-electron chi connectivity index (χ4n) is 1.40. The van der Waals surface area contributed by atoms with Gasteiger partial charge in [0.15, 0.2) is 0 Å². The minimum Gasteiger partial charge on any atom is -0.0999 e. The third kappa shape index (κ3) is 8.08. The molecule has 0 heteroatoms. The molecule has 0 aromatic rings. The van der Waals surface area contributed by atoms with E-state index in [0.29, 0.717) is 0 Å². The third-order valence-electron chi connectivity index (χ3n) is 2.82. The molecule has 0 spiro atoms. The summed E-state index contributed by atoms with van der Waals surface area (Å²) in [7, 11) is 0. The molecule has 78 valence electrons. The molecule has 1 atom stereocenters. The summed E-state index contributed by atoms with van der Waals surface area (Å²) in [6.45, 7) is 11.0. The first-order valence-corrected chi connectivity index (χ1v) is 5.87. The quantitative estimate of drug-likeness (QED) is 0.368. The second-order valence-corrected chi connectivity index (χ2v) is 4.26. The van der Waals surface area contributed by atoms with Crippen molar-refractivity contribution in [2.45, 2.75) is 65.7 Å². The zero-order valence-electron chi connectivity index (χ0n) is 9.73. The van der Waals surface area contributed by atoms with Gasteiger partial charge < -0.3 is 0 Å². The van der Waals surface area contributed by atoms with Crippen LogP contribution in [0.25, 0.3) is 0 Å². The van der Waals surface area contributed by atoms with Crippen molar-refractivity contribution >= 4 is 0 Å². The summed E-state index contributed by atoms with van der Waals surface area (Å²) in [4.78, 5) is 0. The third-order valence-corrected chi connectivity index (χ3v) is 2.82. The molecule has 1 unspecified atom stereocenters. The predicted molar refractivity (Wildman–Crippen MR) is 62.0 cm³/mol. The molecule has 0 fully saturated rings. The molecule has 0 heterocycles. The molecule has 0 saturated heterocycles. The monoisotopic (exact) mass is 182 g/mol. The van der Waals surface area contributed by atoms with Gasteiger partial charge in [-0.2, -0.15) is 0 Å². The van der Waals surface area contributed by atoms with Crippen LogP contribution in [0.15, 0.2) is 12.2 Å². The Hall–Kier alpha value is -0.260. The van der Waals surface area contributed by atoms with Crippen LogP contribution < -0.4 is 0 Å². The highest BCUT2D eigenvalue weighted by molar-refractivity contribution is 4.93. The predicted octanol–water partition coefficient (Wildman–Crippen LogP) is 4.95. The lowest BCUT2D eigenvalue weighted by molar-refractivity contribution is 0.509. The molecular weight excluding hydrogens is 156 g/mol. The van der Waals surface area contributed by atoms with Gasteiger partial charge in [-0.3, -0.25) is 0 Å². The molecule has 0 rings (SSSR count). The number of hydrogen-bond acceptors (Lipinski definition) is 0. The Labute approximate surface area is 84.4 Å². The first kappa shape index (κ1) is 12.7. The van der Waals surface area contributed by atoms with Crippen LogP contribution in [0.4, 0.5) is 0 Å². The minimum atomic E-state index is 0.878. The van der Waals surface area contributed by atoms with Gasteiger partial charge in [0, 0.05) is 0 Å². The zero-order chi connectivity index (χ0) is 10.1. The van der Waals surface area contributed by atoms with Crippen molar-refractivity contribution in [1.29, 1.82) is 0 Å². The maximum Gasteiger partial charge on any atom is -0.0320 e. The largest absolute Gasteiger partial charge is 0.0999 e. The van der Waals surface area contributed by atoms with Crippen molar-refractivity contribution in [2.75, 3.05) is 0 Å². The average Bonchev–Trinajstić information content (AvgIpc) is 2.14. The summed E-state index contributed by atoms with van der Waals surface area (Å²) in [6, 6.07) is 0. The van der Waals surface area contributed by atoms with Crippen LogP contribution >= 0.6 is 0 Å². The average molecular weight is 182 g/mol. The van der Waals surface area contributed by atoms with Crippen molar-refractivity contribution in [3.05, 3.63) is 12.2 Å². The SMILES string of the molecule is C=C(CCCCC)CCC(C)CC. The second kappa shape index (κ2) is 8.34. The molecule has 0 radical (unpaired) electrons. The van der Waals surface area contributed by atoms with Gasteiger partial charge >= 0.3 is 0 Å². The van der Waals surface area contributed by atoms with Crippen LogP contribution in [0, 0.1) is 5.92 Å². The second-order valence-electron chi connectivity index (χ2n) is 4.26. The van der Waals surface area contributed by atoms with Crippen molar-refractivity contribution in [2.24, 2.45) is 5.92 Å². The molecule has 0 bridgehead atoms. The van der Waals surface area contributed by atoms with Crippen LogP contribution in [-0.4, -0.2) is 0 Å². The smallest absolute Gasteiger partial charge is 0.0320 e. The first-order chi connectivity index (χ1) is 6.20. The van der Waals surface area contributed by atoms with Crippen molar-refractivity contribution in [3.8, 4) is 0 Å². The Bertz CT molecular complexity index is 124. The number of unbranched alkanes of at least 4 members (excludes halogenated alkanes) is 2. The number of rotatable bonds is 8. The van der Waals surface area contributed by atoms with E-state index < -0.39 is 0 Å². The maximum absolute atomic E-state index is 4.13. The summed E-state index contributed by atoms with van der Waals surface area (Å²) in [5.74, 6) is 0.878. The molecule has 0 nitrogen and oxygen atoms in total.